The summed E-state index contributed by atoms with van der Waals surface area (Å²) in [5.74, 6) is 0.304. The van der Waals surface area contributed by atoms with Crippen LogP contribution in [0.15, 0.2) is 0 Å². The maximum Gasteiger partial charge on any atom is 0.410 e. The number of carbonyl (C=O) groups is 1. The first-order chi connectivity index (χ1) is 7.83. The molecule has 0 saturated carbocycles. The lowest BCUT2D eigenvalue weighted by atomic mass is 9.90. The van der Waals surface area contributed by atoms with E-state index in [9.17, 15) is 4.79 Å². The highest BCUT2D eigenvalue weighted by Gasteiger charge is 2.28. The van der Waals surface area contributed by atoms with E-state index in [2.05, 4.69) is 0 Å². The van der Waals surface area contributed by atoms with Crippen molar-refractivity contribution in [1.29, 1.82) is 0 Å². The summed E-state index contributed by atoms with van der Waals surface area (Å²) in [6.45, 7) is 6.91. The molecular formula is C12H24N2O3. The van der Waals surface area contributed by atoms with Crippen LogP contribution < -0.4 is 5.73 Å². The smallest absolute Gasteiger partial charge is 0.410 e. The average Bonchev–Trinajstić information content (AvgIpc) is 2.26. The van der Waals surface area contributed by atoms with E-state index < -0.39 is 5.60 Å². The number of nitrogens with zero attached hydrogens (tertiary/aromatic N) is 1. The molecule has 0 aromatic heterocycles. The zero-order chi connectivity index (χ0) is 13.1. The second-order valence-electron chi connectivity index (χ2n) is 5.65. The van der Waals surface area contributed by atoms with Gasteiger partial charge in [0, 0.05) is 19.1 Å². The van der Waals surface area contributed by atoms with Crippen molar-refractivity contribution in [3.05, 3.63) is 0 Å². The van der Waals surface area contributed by atoms with E-state index in [1.807, 2.05) is 20.8 Å². The minimum absolute atomic E-state index is 0.0110. The molecule has 3 N–H and O–H groups in total. The molecule has 0 spiro atoms. The van der Waals surface area contributed by atoms with Crippen LogP contribution in [0.25, 0.3) is 0 Å². The van der Waals surface area contributed by atoms with Crippen LogP contribution in [-0.4, -0.2) is 47.4 Å². The molecule has 1 rings (SSSR count). The van der Waals surface area contributed by atoms with Gasteiger partial charge in [0.2, 0.25) is 0 Å². The Morgan fingerprint density at radius 1 is 1.47 bits per heavy atom. The molecule has 0 aromatic carbocycles. The number of rotatable bonds is 2. The fourth-order valence-corrected chi connectivity index (χ4v) is 1.99. The summed E-state index contributed by atoms with van der Waals surface area (Å²) in [6, 6.07) is -0.171. The SMILES string of the molecule is CC(C)(C)OC(=O)N1CCC(C(N)CO)CC1. The van der Waals surface area contributed by atoms with Gasteiger partial charge in [-0.2, -0.15) is 0 Å². The Labute approximate surface area is 103 Å². The molecule has 0 radical (unpaired) electrons. The van der Waals surface area contributed by atoms with Crippen molar-refractivity contribution in [2.45, 2.75) is 45.3 Å². The van der Waals surface area contributed by atoms with Crippen molar-refractivity contribution < 1.29 is 14.6 Å². The van der Waals surface area contributed by atoms with Crippen LogP contribution in [-0.2, 0) is 4.74 Å². The minimum atomic E-state index is -0.449. The summed E-state index contributed by atoms with van der Waals surface area (Å²) in [5, 5.41) is 8.98. The number of hydrogen-bond acceptors (Lipinski definition) is 4. The topological polar surface area (TPSA) is 75.8 Å². The molecule has 1 heterocycles. The molecule has 0 aromatic rings. The molecule has 0 bridgehead atoms. The van der Waals surface area contributed by atoms with Crippen molar-refractivity contribution >= 4 is 6.09 Å². The lowest BCUT2D eigenvalue weighted by molar-refractivity contribution is 0.0166. The lowest BCUT2D eigenvalue weighted by Crippen LogP contribution is -2.46. The van der Waals surface area contributed by atoms with Gasteiger partial charge in [-0.3, -0.25) is 0 Å². The summed E-state index contributed by atoms with van der Waals surface area (Å²) in [4.78, 5) is 13.5. The van der Waals surface area contributed by atoms with Crippen LogP contribution >= 0.6 is 0 Å². The normalized spacial score (nSPS) is 20.2. The Bertz CT molecular complexity index is 255. The third-order valence-electron chi connectivity index (χ3n) is 3.01. The van der Waals surface area contributed by atoms with E-state index in [4.69, 9.17) is 15.6 Å². The van der Waals surface area contributed by atoms with Gasteiger partial charge in [0.1, 0.15) is 5.60 Å². The quantitative estimate of drug-likeness (QED) is 0.758. The maximum absolute atomic E-state index is 11.8. The Morgan fingerprint density at radius 2 is 2.00 bits per heavy atom. The maximum atomic E-state index is 11.8. The number of aliphatic hydroxyl groups is 1. The summed E-state index contributed by atoms with van der Waals surface area (Å²) < 4.78 is 5.31. The minimum Gasteiger partial charge on any atom is -0.444 e. The standard InChI is InChI=1S/C12H24N2O3/c1-12(2,3)17-11(16)14-6-4-9(5-7-14)10(13)8-15/h9-10,15H,4-8,13H2,1-3H3. The number of carbonyl (C=O) groups excluding carboxylic acids is 1. The first-order valence-corrected chi connectivity index (χ1v) is 6.18. The zero-order valence-corrected chi connectivity index (χ0v) is 11.0. The largest absolute Gasteiger partial charge is 0.444 e. The molecule has 5 nitrogen and oxygen atoms in total. The van der Waals surface area contributed by atoms with Crippen molar-refractivity contribution in [3.63, 3.8) is 0 Å². The van der Waals surface area contributed by atoms with Crippen LogP contribution in [0.4, 0.5) is 4.79 Å². The van der Waals surface area contributed by atoms with E-state index in [-0.39, 0.29) is 18.7 Å². The zero-order valence-electron chi connectivity index (χ0n) is 11.0. The van der Waals surface area contributed by atoms with Crippen LogP contribution in [0.1, 0.15) is 33.6 Å². The summed E-state index contributed by atoms with van der Waals surface area (Å²) in [6.07, 6.45) is 1.41. The Balaban J connectivity index is 2.39. The van der Waals surface area contributed by atoms with Gasteiger partial charge in [-0.05, 0) is 39.5 Å². The highest BCUT2D eigenvalue weighted by atomic mass is 16.6. The number of hydrogen-bond donors (Lipinski definition) is 2. The van der Waals surface area contributed by atoms with Gasteiger partial charge in [-0.1, -0.05) is 0 Å². The number of aliphatic hydroxyl groups excluding tert-OH is 1. The molecule has 1 amide bonds. The van der Waals surface area contributed by atoms with E-state index in [0.717, 1.165) is 12.8 Å². The summed E-state index contributed by atoms with van der Waals surface area (Å²) in [5.41, 5.74) is 5.34. The molecule has 100 valence electrons. The fourth-order valence-electron chi connectivity index (χ4n) is 1.99. The van der Waals surface area contributed by atoms with E-state index in [1.54, 1.807) is 4.90 Å². The number of likely N-dealkylation sites (tertiary alicyclic amines) is 1. The fraction of sp³-hybridized carbons (Fsp3) is 0.917. The van der Waals surface area contributed by atoms with Gasteiger partial charge in [-0.15, -0.1) is 0 Å². The predicted molar refractivity (Wildman–Crippen MR) is 65.6 cm³/mol. The van der Waals surface area contributed by atoms with Gasteiger partial charge < -0.3 is 20.5 Å². The molecule has 1 unspecified atom stereocenters. The van der Waals surface area contributed by atoms with Crippen molar-refractivity contribution in [3.8, 4) is 0 Å². The van der Waals surface area contributed by atoms with Crippen LogP contribution in [0.5, 0.6) is 0 Å². The molecule has 1 atom stereocenters. The number of ether oxygens (including phenoxy) is 1. The number of amides is 1. The van der Waals surface area contributed by atoms with Gasteiger partial charge in [0.05, 0.1) is 6.61 Å². The van der Waals surface area contributed by atoms with Crippen molar-refractivity contribution in [2.24, 2.45) is 11.7 Å². The highest BCUT2D eigenvalue weighted by molar-refractivity contribution is 5.68. The molecule has 1 aliphatic heterocycles. The Kier molecular flexibility index (Phi) is 4.77. The molecule has 0 aliphatic carbocycles. The third-order valence-corrected chi connectivity index (χ3v) is 3.01. The first kappa shape index (κ1) is 14.3. The van der Waals surface area contributed by atoms with Crippen LogP contribution in [0.3, 0.4) is 0 Å². The monoisotopic (exact) mass is 244 g/mol. The average molecular weight is 244 g/mol. The molecule has 1 saturated heterocycles. The second kappa shape index (κ2) is 5.69. The van der Waals surface area contributed by atoms with Gasteiger partial charge >= 0.3 is 6.09 Å². The van der Waals surface area contributed by atoms with E-state index in [0.29, 0.717) is 19.0 Å². The van der Waals surface area contributed by atoms with Gasteiger partial charge in [0.15, 0.2) is 0 Å². The van der Waals surface area contributed by atoms with Gasteiger partial charge in [-0.25, -0.2) is 4.79 Å². The van der Waals surface area contributed by atoms with Gasteiger partial charge in [0.25, 0.3) is 0 Å². The predicted octanol–water partition coefficient (Wildman–Crippen LogP) is 0.953. The Morgan fingerprint density at radius 3 is 2.41 bits per heavy atom. The molecule has 17 heavy (non-hydrogen) atoms. The lowest BCUT2D eigenvalue weighted by Gasteiger charge is -2.35. The first-order valence-electron chi connectivity index (χ1n) is 6.18. The Hall–Kier alpha value is -0.810. The highest BCUT2D eigenvalue weighted by Crippen LogP contribution is 2.21. The van der Waals surface area contributed by atoms with Crippen molar-refractivity contribution in [2.75, 3.05) is 19.7 Å². The molecular weight excluding hydrogens is 220 g/mol. The van der Waals surface area contributed by atoms with E-state index >= 15 is 0 Å². The summed E-state index contributed by atoms with van der Waals surface area (Å²) in [7, 11) is 0. The third kappa shape index (κ3) is 4.52. The van der Waals surface area contributed by atoms with Crippen molar-refractivity contribution in [1.82, 2.24) is 4.90 Å². The van der Waals surface area contributed by atoms with E-state index in [1.165, 1.54) is 0 Å². The number of piperidine rings is 1. The molecule has 1 fully saturated rings. The molecule has 5 heteroatoms. The summed E-state index contributed by atoms with van der Waals surface area (Å²) >= 11 is 0. The van der Waals surface area contributed by atoms with Crippen LogP contribution in [0, 0.1) is 5.92 Å². The number of nitrogens with two attached hydrogens (primary N) is 1. The van der Waals surface area contributed by atoms with Crippen LogP contribution in [0.2, 0.25) is 0 Å². The molecule has 1 aliphatic rings. The second-order valence-corrected chi connectivity index (χ2v) is 5.65.